The zero-order valence-electron chi connectivity index (χ0n) is 7.05. The summed E-state index contributed by atoms with van der Waals surface area (Å²) >= 11 is 9.07. The van der Waals surface area contributed by atoms with Crippen molar-refractivity contribution in [2.24, 2.45) is 0 Å². The van der Waals surface area contributed by atoms with Crippen LogP contribution in [0.25, 0.3) is 4.48 Å². The number of carbonyl (C=O) groups excluding carboxylic acids is 1. The molecular weight excluding hydrogens is 251 g/mol. The first-order valence-corrected chi connectivity index (χ1v) is 4.89. The van der Waals surface area contributed by atoms with E-state index >= 15 is 0 Å². The van der Waals surface area contributed by atoms with Crippen molar-refractivity contribution in [2.75, 3.05) is 0 Å². The van der Waals surface area contributed by atoms with E-state index in [9.17, 15) is 4.79 Å². The maximum atomic E-state index is 10.5. The number of aldehydes is 1. The van der Waals surface area contributed by atoms with Crippen molar-refractivity contribution >= 4 is 38.3 Å². The van der Waals surface area contributed by atoms with Crippen LogP contribution in [0.15, 0.2) is 29.8 Å². The van der Waals surface area contributed by atoms with E-state index in [4.69, 9.17) is 11.6 Å². The first kappa shape index (κ1) is 10.5. The summed E-state index contributed by atoms with van der Waals surface area (Å²) < 4.78 is 0.805. The number of benzene rings is 1. The number of hydrogen-bond donors (Lipinski definition) is 0. The molecule has 1 rings (SSSR count). The Kier molecular flexibility index (Phi) is 3.70. The maximum absolute atomic E-state index is 10.5. The van der Waals surface area contributed by atoms with Crippen LogP contribution in [-0.4, -0.2) is 6.29 Å². The first-order chi connectivity index (χ1) is 6.15. The molecule has 0 aromatic heterocycles. The molecule has 0 spiro atoms. The Bertz CT molecular complexity index is 340. The Morgan fingerprint density at radius 3 is 2.38 bits per heavy atom. The van der Waals surface area contributed by atoms with Crippen molar-refractivity contribution in [3.63, 3.8) is 0 Å². The lowest BCUT2D eigenvalue weighted by molar-refractivity contribution is -0.104. The summed E-state index contributed by atoms with van der Waals surface area (Å²) in [5.41, 5.74) is 1.62. The molecule has 0 unspecified atom stereocenters. The standard InChI is InChI=1S/C10H8BrClO/c1-7(6-13)10(11)8-2-4-9(12)5-3-8/h2-6H,1H3/b10-7-. The minimum absolute atomic E-state index is 0.669. The summed E-state index contributed by atoms with van der Waals surface area (Å²) in [5.74, 6) is 0. The van der Waals surface area contributed by atoms with Crippen LogP contribution in [0.5, 0.6) is 0 Å². The van der Waals surface area contributed by atoms with Crippen molar-refractivity contribution in [1.82, 2.24) is 0 Å². The summed E-state index contributed by atoms with van der Waals surface area (Å²) in [6.07, 6.45) is 0.818. The molecule has 0 saturated carbocycles. The van der Waals surface area contributed by atoms with Gasteiger partial charge in [0.1, 0.15) is 6.29 Å². The fourth-order valence-electron chi connectivity index (χ4n) is 0.876. The van der Waals surface area contributed by atoms with E-state index < -0.39 is 0 Å². The molecule has 0 atom stereocenters. The second-order valence-corrected chi connectivity index (χ2v) is 3.85. The summed E-state index contributed by atoms with van der Waals surface area (Å²) in [5, 5.41) is 0.688. The lowest BCUT2D eigenvalue weighted by atomic mass is 10.1. The van der Waals surface area contributed by atoms with E-state index in [0.717, 1.165) is 16.3 Å². The largest absolute Gasteiger partial charge is 0.298 e. The summed E-state index contributed by atoms with van der Waals surface area (Å²) in [7, 11) is 0. The highest BCUT2D eigenvalue weighted by atomic mass is 79.9. The molecule has 1 aromatic rings. The van der Waals surface area contributed by atoms with Gasteiger partial charge in [0.15, 0.2) is 0 Å². The quantitative estimate of drug-likeness (QED) is 0.585. The van der Waals surface area contributed by atoms with Crippen LogP contribution in [0.2, 0.25) is 5.02 Å². The molecule has 13 heavy (non-hydrogen) atoms. The molecule has 1 nitrogen and oxygen atoms in total. The Balaban J connectivity index is 3.09. The summed E-state index contributed by atoms with van der Waals surface area (Å²) in [4.78, 5) is 10.5. The van der Waals surface area contributed by atoms with Gasteiger partial charge in [-0.25, -0.2) is 0 Å². The second-order valence-electron chi connectivity index (χ2n) is 2.62. The highest BCUT2D eigenvalue weighted by molar-refractivity contribution is 9.15. The van der Waals surface area contributed by atoms with E-state index in [1.807, 2.05) is 12.1 Å². The van der Waals surface area contributed by atoms with Crippen molar-refractivity contribution in [3.8, 4) is 0 Å². The third-order valence-corrected chi connectivity index (χ3v) is 2.96. The molecule has 0 heterocycles. The van der Waals surface area contributed by atoms with Crippen LogP contribution in [0.1, 0.15) is 12.5 Å². The van der Waals surface area contributed by atoms with Crippen LogP contribution < -0.4 is 0 Å². The second kappa shape index (κ2) is 4.58. The molecule has 0 bridgehead atoms. The van der Waals surface area contributed by atoms with Crippen LogP contribution in [0.4, 0.5) is 0 Å². The highest BCUT2D eigenvalue weighted by Gasteiger charge is 2.00. The molecule has 0 aliphatic carbocycles. The van der Waals surface area contributed by atoms with Crippen LogP contribution in [0, 0.1) is 0 Å². The molecule has 0 N–H and O–H groups in total. The number of halogens is 2. The van der Waals surface area contributed by atoms with Gasteiger partial charge in [-0.05, 0) is 40.5 Å². The Morgan fingerprint density at radius 1 is 1.38 bits per heavy atom. The van der Waals surface area contributed by atoms with E-state index in [0.29, 0.717) is 10.6 Å². The van der Waals surface area contributed by atoms with Crippen LogP contribution in [-0.2, 0) is 4.79 Å². The van der Waals surface area contributed by atoms with Gasteiger partial charge in [-0.1, -0.05) is 23.7 Å². The Labute approximate surface area is 90.5 Å². The zero-order valence-corrected chi connectivity index (χ0v) is 9.39. The first-order valence-electron chi connectivity index (χ1n) is 3.72. The van der Waals surface area contributed by atoms with E-state index in [-0.39, 0.29) is 0 Å². The van der Waals surface area contributed by atoms with Gasteiger partial charge in [0.05, 0.1) is 0 Å². The average Bonchev–Trinajstić information content (AvgIpc) is 2.17. The van der Waals surface area contributed by atoms with Crippen molar-refractivity contribution in [3.05, 3.63) is 40.4 Å². The Hall–Kier alpha value is -0.600. The molecule has 68 valence electrons. The van der Waals surface area contributed by atoms with Gasteiger partial charge in [-0.3, -0.25) is 4.79 Å². The van der Waals surface area contributed by atoms with Crippen LogP contribution >= 0.6 is 27.5 Å². The third kappa shape index (κ3) is 2.68. The average molecular weight is 260 g/mol. The molecule has 0 amide bonds. The van der Waals surface area contributed by atoms with Gasteiger partial charge in [0.2, 0.25) is 0 Å². The molecular formula is C10H8BrClO. The van der Waals surface area contributed by atoms with E-state index in [1.165, 1.54) is 0 Å². The zero-order chi connectivity index (χ0) is 9.84. The minimum Gasteiger partial charge on any atom is -0.298 e. The van der Waals surface area contributed by atoms with Crippen molar-refractivity contribution in [1.29, 1.82) is 0 Å². The van der Waals surface area contributed by atoms with E-state index in [2.05, 4.69) is 15.9 Å². The maximum Gasteiger partial charge on any atom is 0.146 e. The smallest absolute Gasteiger partial charge is 0.146 e. The number of allylic oxidation sites excluding steroid dienone is 1. The van der Waals surface area contributed by atoms with Gasteiger partial charge in [0, 0.05) is 15.1 Å². The predicted octanol–water partition coefficient (Wildman–Crippen LogP) is 3.66. The molecule has 0 aliphatic heterocycles. The normalized spacial score (nSPS) is 12.2. The van der Waals surface area contributed by atoms with Gasteiger partial charge in [-0.2, -0.15) is 0 Å². The number of rotatable bonds is 2. The van der Waals surface area contributed by atoms with Gasteiger partial charge in [-0.15, -0.1) is 0 Å². The number of carbonyl (C=O) groups is 1. The molecule has 0 aliphatic rings. The highest BCUT2D eigenvalue weighted by Crippen LogP contribution is 2.25. The van der Waals surface area contributed by atoms with Gasteiger partial charge in [0.25, 0.3) is 0 Å². The third-order valence-electron chi connectivity index (χ3n) is 1.62. The van der Waals surface area contributed by atoms with Crippen molar-refractivity contribution in [2.45, 2.75) is 6.92 Å². The fraction of sp³-hybridized carbons (Fsp3) is 0.100. The molecule has 0 radical (unpaired) electrons. The van der Waals surface area contributed by atoms with Crippen LogP contribution in [0.3, 0.4) is 0 Å². The molecule has 0 saturated heterocycles. The van der Waals surface area contributed by atoms with Crippen molar-refractivity contribution < 1.29 is 4.79 Å². The summed E-state index contributed by atoms with van der Waals surface area (Å²) in [6.45, 7) is 1.76. The topological polar surface area (TPSA) is 17.1 Å². The monoisotopic (exact) mass is 258 g/mol. The van der Waals surface area contributed by atoms with Gasteiger partial charge >= 0.3 is 0 Å². The SMILES string of the molecule is C/C(C=O)=C(/Br)c1ccc(Cl)cc1. The number of hydrogen-bond acceptors (Lipinski definition) is 1. The minimum atomic E-state index is 0.669. The lowest BCUT2D eigenvalue weighted by Gasteiger charge is -2.00. The van der Waals surface area contributed by atoms with E-state index in [1.54, 1.807) is 19.1 Å². The molecule has 3 heteroatoms. The fourth-order valence-corrected chi connectivity index (χ4v) is 1.36. The predicted molar refractivity (Wildman–Crippen MR) is 59.0 cm³/mol. The Morgan fingerprint density at radius 2 is 1.92 bits per heavy atom. The molecule has 1 aromatic carbocycles. The van der Waals surface area contributed by atoms with Gasteiger partial charge < -0.3 is 0 Å². The molecule has 0 fully saturated rings. The lowest BCUT2D eigenvalue weighted by Crippen LogP contribution is -1.83. The summed E-state index contributed by atoms with van der Waals surface area (Å²) in [6, 6.07) is 7.30.